The molecule has 3 heterocycles. The molecule has 3 N–H and O–H groups in total. The Morgan fingerprint density at radius 3 is 3.00 bits per heavy atom. The van der Waals surface area contributed by atoms with Gasteiger partial charge in [0.05, 0.1) is 17.0 Å². The summed E-state index contributed by atoms with van der Waals surface area (Å²) in [4.78, 5) is 24.9. The highest BCUT2D eigenvalue weighted by molar-refractivity contribution is 5.96. The average molecular weight is 334 g/mol. The van der Waals surface area contributed by atoms with Gasteiger partial charge in [-0.05, 0) is 35.6 Å². The number of pyridine rings is 1. The summed E-state index contributed by atoms with van der Waals surface area (Å²) in [7, 11) is 1.91. The third-order valence-corrected chi connectivity index (χ3v) is 4.46. The Labute approximate surface area is 144 Å². The molecule has 7 nitrogen and oxygen atoms in total. The fourth-order valence-electron chi connectivity index (χ4n) is 3.28. The van der Waals surface area contributed by atoms with Gasteiger partial charge >= 0.3 is 0 Å². The van der Waals surface area contributed by atoms with Gasteiger partial charge in [-0.1, -0.05) is 6.07 Å². The van der Waals surface area contributed by atoms with Gasteiger partial charge in [-0.15, -0.1) is 0 Å². The van der Waals surface area contributed by atoms with Gasteiger partial charge in [0.2, 0.25) is 5.95 Å². The molecule has 0 radical (unpaired) electrons. The van der Waals surface area contributed by atoms with Gasteiger partial charge in [0.25, 0.3) is 5.91 Å². The molecule has 0 spiro atoms. The molecule has 4 rings (SSSR count). The van der Waals surface area contributed by atoms with Crippen LogP contribution in [-0.2, 0) is 26.4 Å². The number of nitrogens with two attached hydrogens (primary N) is 1. The molecule has 0 atom stereocenters. The Morgan fingerprint density at radius 2 is 2.24 bits per heavy atom. The number of carbonyl (C=O) groups is 1. The van der Waals surface area contributed by atoms with Crippen molar-refractivity contribution < 1.29 is 4.79 Å². The lowest BCUT2D eigenvalue weighted by Crippen LogP contribution is -2.15. The number of aromatic nitrogens is 4. The SMILES string of the molecule is Cn1cc(C(N)=O)c2c1-c1nc(NCc3cccnc3)ncc1CC2. The molecule has 7 heteroatoms. The average Bonchev–Trinajstić information content (AvgIpc) is 2.98. The van der Waals surface area contributed by atoms with Crippen LogP contribution in [0.3, 0.4) is 0 Å². The number of anilines is 1. The summed E-state index contributed by atoms with van der Waals surface area (Å²) >= 11 is 0. The van der Waals surface area contributed by atoms with Crippen molar-refractivity contribution in [3.8, 4) is 11.4 Å². The molecule has 0 aliphatic heterocycles. The van der Waals surface area contributed by atoms with Gasteiger partial charge in [-0.2, -0.15) is 0 Å². The van der Waals surface area contributed by atoms with Crippen LogP contribution in [0.2, 0.25) is 0 Å². The van der Waals surface area contributed by atoms with E-state index in [0.29, 0.717) is 18.1 Å². The summed E-state index contributed by atoms with van der Waals surface area (Å²) in [6, 6.07) is 3.89. The zero-order valence-corrected chi connectivity index (χ0v) is 13.9. The molecule has 126 valence electrons. The van der Waals surface area contributed by atoms with Crippen LogP contribution in [0.5, 0.6) is 0 Å². The minimum absolute atomic E-state index is 0.399. The quantitative estimate of drug-likeness (QED) is 0.756. The molecule has 1 aliphatic rings. The second-order valence-corrected chi connectivity index (χ2v) is 6.13. The first kappa shape index (κ1) is 15.3. The molecule has 1 amide bonds. The summed E-state index contributed by atoms with van der Waals surface area (Å²) in [5, 5.41) is 3.23. The Bertz CT molecular complexity index is 948. The molecule has 0 unspecified atom stereocenters. The highest BCUT2D eigenvalue weighted by Crippen LogP contribution is 2.35. The second kappa shape index (κ2) is 6.01. The van der Waals surface area contributed by atoms with Gasteiger partial charge in [-0.25, -0.2) is 9.97 Å². The van der Waals surface area contributed by atoms with Crippen molar-refractivity contribution in [1.29, 1.82) is 0 Å². The summed E-state index contributed by atoms with van der Waals surface area (Å²) in [5.41, 5.74) is 11.0. The van der Waals surface area contributed by atoms with E-state index in [-0.39, 0.29) is 0 Å². The minimum Gasteiger partial charge on any atom is -0.366 e. The van der Waals surface area contributed by atoms with Crippen molar-refractivity contribution in [2.75, 3.05) is 5.32 Å². The highest BCUT2D eigenvalue weighted by atomic mass is 16.1. The third kappa shape index (κ3) is 2.73. The number of aryl methyl sites for hydroxylation is 2. The van der Waals surface area contributed by atoms with E-state index in [9.17, 15) is 4.79 Å². The third-order valence-electron chi connectivity index (χ3n) is 4.46. The van der Waals surface area contributed by atoms with Gasteiger partial charge in [-0.3, -0.25) is 9.78 Å². The summed E-state index contributed by atoms with van der Waals surface area (Å²) < 4.78 is 1.92. The van der Waals surface area contributed by atoms with E-state index in [2.05, 4.69) is 20.3 Å². The number of nitrogens with zero attached hydrogens (tertiary/aromatic N) is 4. The number of fused-ring (bicyclic) bond motifs is 3. The smallest absolute Gasteiger partial charge is 0.250 e. The second-order valence-electron chi connectivity index (χ2n) is 6.13. The van der Waals surface area contributed by atoms with Gasteiger partial charge in [0, 0.05) is 38.4 Å². The number of amides is 1. The van der Waals surface area contributed by atoms with Crippen molar-refractivity contribution in [3.05, 3.63) is 59.2 Å². The molecular weight excluding hydrogens is 316 g/mol. The number of rotatable bonds is 4. The van der Waals surface area contributed by atoms with Crippen LogP contribution in [0.4, 0.5) is 5.95 Å². The van der Waals surface area contributed by atoms with Crippen molar-refractivity contribution in [3.63, 3.8) is 0 Å². The number of hydrogen-bond donors (Lipinski definition) is 2. The molecule has 1 aliphatic carbocycles. The van der Waals surface area contributed by atoms with Crippen molar-refractivity contribution in [2.24, 2.45) is 12.8 Å². The Balaban J connectivity index is 1.68. The maximum absolute atomic E-state index is 11.7. The topological polar surface area (TPSA) is 98.7 Å². The molecule has 0 bridgehead atoms. The van der Waals surface area contributed by atoms with Gasteiger partial charge in [0.1, 0.15) is 0 Å². The first-order chi connectivity index (χ1) is 12.1. The molecular formula is C18H18N6O. The van der Waals surface area contributed by atoms with Crippen LogP contribution in [0.1, 0.15) is 27.0 Å². The summed E-state index contributed by atoms with van der Waals surface area (Å²) in [6.07, 6.45) is 8.76. The number of carbonyl (C=O) groups excluding carboxylic acids is 1. The van der Waals surface area contributed by atoms with Gasteiger partial charge in [0.15, 0.2) is 0 Å². The van der Waals surface area contributed by atoms with Crippen LogP contribution >= 0.6 is 0 Å². The molecule has 3 aromatic rings. The fraction of sp³-hybridized carbons (Fsp3) is 0.222. The lowest BCUT2D eigenvalue weighted by Gasteiger charge is -2.18. The zero-order chi connectivity index (χ0) is 17.4. The van der Waals surface area contributed by atoms with E-state index >= 15 is 0 Å². The lowest BCUT2D eigenvalue weighted by atomic mass is 9.92. The van der Waals surface area contributed by atoms with Crippen LogP contribution in [0.25, 0.3) is 11.4 Å². The van der Waals surface area contributed by atoms with Crippen LogP contribution in [0, 0.1) is 0 Å². The predicted octanol–water partition coefficient (Wildman–Crippen LogP) is 1.69. The maximum atomic E-state index is 11.7. The van der Waals surface area contributed by atoms with E-state index in [1.54, 1.807) is 18.6 Å². The number of hydrogen-bond acceptors (Lipinski definition) is 5. The van der Waals surface area contributed by atoms with E-state index in [0.717, 1.165) is 40.9 Å². The van der Waals surface area contributed by atoms with Crippen molar-refractivity contribution >= 4 is 11.9 Å². The largest absolute Gasteiger partial charge is 0.366 e. The lowest BCUT2D eigenvalue weighted by molar-refractivity contribution is 0.0999. The summed E-state index contributed by atoms with van der Waals surface area (Å²) in [6.45, 7) is 0.596. The number of nitrogens with one attached hydrogen (secondary N) is 1. The maximum Gasteiger partial charge on any atom is 0.250 e. The summed E-state index contributed by atoms with van der Waals surface area (Å²) in [5.74, 6) is 0.154. The molecule has 0 saturated heterocycles. The Hall–Kier alpha value is -3.22. The fourth-order valence-corrected chi connectivity index (χ4v) is 3.28. The predicted molar refractivity (Wildman–Crippen MR) is 93.9 cm³/mol. The van der Waals surface area contributed by atoms with Crippen LogP contribution < -0.4 is 11.1 Å². The van der Waals surface area contributed by atoms with E-state index in [1.807, 2.05) is 29.9 Å². The van der Waals surface area contributed by atoms with E-state index in [1.165, 1.54) is 0 Å². The first-order valence-electron chi connectivity index (χ1n) is 8.10. The highest BCUT2D eigenvalue weighted by Gasteiger charge is 2.26. The molecule has 3 aromatic heterocycles. The number of primary amides is 1. The van der Waals surface area contributed by atoms with Crippen molar-refractivity contribution in [2.45, 2.75) is 19.4 Å². The Kier molecular flexibility index (Phi) is 3.68. The van der Waals surface area contributed by atoms with Crippen molar-refractivity contribution in [1.82, 2.24) is 19.5 Å². The zero-order valence-electron chi connectivity index (χ0n) is 13.9. The van der Waals surface area contributed by atoms with Crippen LogP contribution in [-0.4, -0.2) is 25.4 Å². The first-order valence-corrected chi connectivity index (χ1v) is 8.10. The monoisotopic (exact) mass is 334 g/mol. The molecule has 0 saturated carbocycles. The van der Waals surface area contributed by atoms with Crippen LogP contribution in [0.15, 0.2) is 36.9 Å². The van der Waals surface area contributed by atoms with E-state index < -0.39 is 5.91 Å². The van der Waals surface area contributed by atoms with Gasteiger partial charge < -0.3 is 15.6 Å². The standard InChI is InChI=1S/C18H18N6O/c1-24-10-14(17(19)25)13-5-4-12-9-22-18(23-15(12)16(13)24)21-8-11-3-2-6-20-7-11/h2-3,6-7,9-10H,4-5,8H2,1H3,(H2,19,25)(H,21,22,23). The molecule has 0 aromatic carbocycles. The Morgan fingerprint density at radius 1 is 1.36 bits per heavy atom. The molecule has 25 heavy (non-hydrogen) atoms. The normalized spacial score (nSPS) is 12.4. The molecule has 0 fully saturated rings. The minimum atomic E-state index is -0.399. The van der Waals surface area contributed by atoms with E-state index in [4.69, 9.17) is 5.73 Å².